The maximum Gasteiger partial charge on any atom is 0.259 e. The SMILES string of the molecule is CN(C)C(O)Cn1cc(NC(=O)c2cnc3ccc(F)cc3c2N2CCC(C#N)(c3ccccc3)CC2)cn1. The second-order valence-corrected chi connectivity index (χ2v) is 10.1. The Morgan fingerprint density at radius 1 is 1.21 bits per heavy atom. The van der Waals surface area contributed by atoms with Crippen molar-refractivity contribution in [3.63, 3.8) is 0 Å². The summed E-state index contributed by atoms with van der Waals surface area (Å²) in [5.41, 5.74) is 2.29. The van der Waals surface area contributed by atoms with Crippen molar-refractivity contribution in [2.45, 2.75) is 31.0 Å². The van der Waals surface area contributed by atoms with Crippen LogP contribution in [0.3, 0.4) is 0 Å². The second kappa shape index (κ2) is 10.8. The summed E-state index contributed by atoms with van der Waals surface area (Å²) in [7, 11) is 3.52. The summed E-state index contributed by atoms with van der Waals surface area (Å²) in [5.74, 6) is -0.826. The summed E-state index contributed by atoms with van der Waals surface area (Å²) in [6.07, 6.45) is 5.06. The van der Waals surface area contributed by atoms with Crippen LogP contribution in [0.2, 0.25) is 0 Å². The molecule has 2 N–H and O–H groups in total. The lowest BCUT2D eigenvalue weighted by molar-refractivity contribution is 0.0232. The highest BCUT2D eigenvalue weighted by atomic mass is 19.1. The first-order valence-corrected chi connectivity index (χ1v) is 12.8. The molecule has 10 heteroatoms. The fourth-order valence-electron chi connectivity index (χ4n) is 5.05. The number of aliphatic hydroxyl groups excluding tert-OH is 1. The normalized spacial score (nSPS) is 15.7. The first-order valence-electron chi connectivity index (χ1n) is 12.8. The highest BCUT2D eigenvalue weighted by Crippen LogP contribution is 2.39. The van der Waals surface area contributed by atoms with Gasteiger partial charge in [0.15, 0.2) is 0 Å². The summed E-state index contributed by atoms with van der Waals surface area (Å²) >= 11 is 0. The van der Waals surface area contributed by atoms with Gasteiger partial charge in [0.2, 0.25) is 0 Å². The van der Waals surface area contributed by atoms with Gasteiger partial charge in [-0.3, -0.25) is 19.4 Å². The molecule has 3 heterocycles. The molecule has 0 radical (unpaired) electrons. The molecule has 9 nitrogen and oxygen atoms in total. The molecule has 1 aliphatic heterocycles. The highest BCUT2D eigenvalue weighted by Gasteiger charge is 2.37. The van der Waals surface area contributed by atoms with Gasteiger partial charge < -0.3 is 15.3 Å². The van der Waals surface area contributed by atoms with Gasteiger partial charge >= 0.3 is 0 Å². The molecular formula is C29H30FN7O2. The zero-order valence-electron chi connectivity index (χ0n) is 21.9. The van der Waals surface area contributed by atoms with Crippen molar-refractivity contribution in [1.82, 2.24) is 19.7 Å². The van der Waals surface area contributed by atoms with E-state index >= 15 is 0 Å². The van der Waals surface area contributed by atoms with Crippen molar-refractivity contribution in [2.24, 2.45) is 0 Å². The Balaban J connectivity index is 1.45. The van der Waals surface area contributed by atoms with Crippen LogP contribution in [0.5, 0.6) is 0 Å². The molecule has 2 aromatic carbocycles. The Morgan fingerprint density at radius 2 is 1.95 bits per heavy atom. The fraction of sp³-hybridized carbons (Fsp3) is 0.310. The number of anilines is 2. The molecule has 1 atom stereocenters. The Bertz CT molecular complexity index is 1520. The van der Waals surface area contributed by atoms with Crippen LogP contribution in [-0.4, -0.2) is 64.1 Å². The Labute approximate surface area is 226 Å². The lowest BCUT2D eigenvalue weighted by Gasteiger charge is -2.39. The number of aliphatic hydroxyl groups is 1. The lowest BCUT2D eigenvalue weighted by atomic mass is 9.74. The van der Waals surface area contributed by atoms with E-state index in [1.54, 1.807) is 35.9 Å². The molecule has 5 rings (SSSR count). The number of nitrogens with zero attached hydrogens (tertiary/aromatic N) is 6. The van der Waals surface area contributed by atoms with E-state index in [0.717, 1.165) is 5.56 Å². The number of benzene rings is 2. The van der Waals surface area contributed by atoms with Crippen molar-refractivity contribution in [1.29, 1.82) is 5.26 Å². The van der Waals surface area contributed by atoms with E-state index in [4.69, 9.17) is 0 Å². The lowest BCUT2D eigenvalue weighted by Crippen LogP contribution is -2.42. The average Bonchev–Trinajstić information content (AvgIpc) is 3.39. The minimum Gasteiger partial charge on any atom is -0.376 e. The number of rotatable bonds is 7. The number of nitriles is 1. The maximum absolute atomic E-state index is 14.4. The molecule has 0 bridgehead atoms. The number of hydrogen-bond acceptors (Lipinski definition) is 7. The molecule has 1 amide bonds. The quantitative estimate of drug-likeness (QED) is 0.352. The summed E-state index contributed by atoms with van der Waals surface area (Å²) < 4.78 is 15.9. The first kappa shape index (κ1) is 26.3. The molecule has 0 saturated carbocycles. The Hall–Kier alpha value is -4.33. The standard InChI is InChI=1S/C29H30FN7O2/c1-35(2)26(38)18-37-17-22(15-33-37)34-28(39)24-16-32-25-9-8-21(30)14-23(25)27(24)36-12-10-29(19-31,11-13-36)20-6-4-3-5-7-20/h3-9,14-17,26,38H,10-13,18H2,1-2H3,(H,34,39). The van der Waals surface area contributed by atoms with Crippen LogP contribution in [0.1, 0.15) is 28.8 Å². The summed E-state index contributed by atoms with van der Waals surface area (Å²) in [5, 5.41) is 27.9. The topological polar surface area (TPSA) is 110 Å². The molecular weight excluding hydrogens is 497 g/mol. The number of pyridine rings is 1. The van der Waals surface area contributed by atoms with Crippen LogP contribution in [0.15, 0.2) is 67.1 Å². The number of amides is 1. The Morgan fingerprint density at radius 3 is 2.64 bits per heavy atom. The van der Waals surface area contributed by atoms with Crippen molar-refractivity contribution in [2.75, 3.05) is 37.4 Å². The number of fused-ring (bicyclic) bond motifs is 1. The van der Waals surface area contributed by atoms with Crippen molar-refractivity contribution in [3.8, 4) is 6.07 Å². The van der Waals surface area contributed by atoms with Crippen LogP contribution in [-0.2, 0) is 12.0 Å². The molecule has 0 spiro atoms. The third kappa shape index (κ3) is 5.32. The molecule has 1 fully saturated rings. The van der Waals surface area contributed by atoms with Crippen molar-refractivity contribution in [3.05, 3.63) is 84.1 Å². The number of nitrogens with one attached hydrogen (secondary N) is 1. The van der Waals surface area contributed by atoms with Crippen LogP contribution in [0, 0.1) is 17.1 Å². The number of halogens is 1. The number of hydrogen-bond donors (Lipinski definition) is 2. The average molecular weight is 528 g/mol. The van der Waals surface area contributed by atoms with Gasteiger partial charge in [-0.05, 0) is 50.7 Å². The van der Waals surface area contributed by atoms with Crippen LogP contribution >= 0.6 is 0 Å². The van der Waals surface area contributed by atoms with Gasteiger partial charge in [-0.1, -0.05) is 30.3 Å². The van der Waals surface area contributed by atoms with E-state index in [9.17, 15) is 19.6 Å². The van der Waals surface area contributed by atoms with Gasteiger partial charge in [0.1, 0.15) is 12.0 Å². The number of carbonyl (C=O) groups is 1. The van der Waals surface area contributed by atoms with E-state index in [-0.39, 0.29) is 6.54 Å². The largest absolute Gasteiger partial charge is 0.376 e. The molecule has 1 saturated heterocycles. The van der Waals surface area contributed by atoms with E-state index in [1.165, 1.54) is 24.5 Å². The minimum absolute atomic E-state index is 0.237. The molecule has 1 unspecified atom stereocenters. The molecule has 39 heavy (non-hydrogen) atoms. The number of piperidine rings is 1. The van der Waals surface area contributed by atoms with E-state index in [1.807, 2.05) is 35.2 Å². The summed E-state index contributed by atoms with van der Waals surface area (Å²) in [6.45, 7) is 1.26. The van der Waals surface area contributed by atoms with Crippen molar-refractivity contribution >= 4 is 28.2 Å². The second-order valence-electron chi connectivity index (χ2n) is 10.1. The zero-order valence-corrected chi connectivity index (χ0v) is 21.9. The molecule has 0 aliphatic carbocycles. The highest BCUT2D eigenvalue weighted by molar-refractivity contribution is 6.12. The van der Waals surface area contributed by atoms with Crippen LogP contribution in [0.4, 0.5) is 15.8 Å². The monoisotopic (exact) mass is 527 g/mol. The predicted octanol–water partition coefficient (Wildman–Crippen LogP) is 3.76. The van der Waals surface area contributed by atoms with Gasteiger partial charge in [-0.15, -0.1) is 0 Å². The van der Waals surface area contributed by atoms with E-state index in [2.05, 4.69) is 21.5 Å². The van der Waals surface area contributed by atoms with E-state index < -0.39 is 23.4 Å². The van der Waals surface area contributed by atoms with Gasteiger partial charge in [0.25, 0.3) is 5.91 Å². The molecule has 1 aliphatic rings. The Kier molecular flexibility index (Phi) is 7.28. The van der Waals surface area contributed by atoms with Gasteiger partial charge in [0.05, 0.1) is 46.7 Å². The van der Waals surface area contributed by atoms with Crippen molar-refractivity contribution < 1.29 is 14.3 Å². The first-order chi connectivity index (χ1) is 18.8. The third-order valence-corrected chi connectivity index (χ3v) is 7.36. The molecule has 2 aromatic heterocycles. The predicted molar refractivity (Wildman–Crippen MR) is 147 cm³/mol. The minimum atomic E-state index is -0.727. The maximum atomic E-state index is 14.4. The summed E-state index contributed by atoms with van der Waals surface area (Å²) in [4.78, 5) is 21.7. The smallest absolute Gasteiger partial charge is 0.259 e. The third-order valence-electron chi connectivity index (χ3n) is 7.36. The summed E-state index contributed by atoms with van der Waals surface area (Å²) in [6, 6.07) is 16.6. The zero-order chi connectivity index (χ0) is 27.6. The van der Waals surface area contributed by atoms with Gasteiger partial charge in [-0.25, -0.2) is 4.39 Å². The number of likely N-dealkylation sites (N-methyl/N-ethyl adjacent to an activating group) is 1. The fourth-order valence-corrected chi connectivity index (χ4v) is 5.05. The van der Waals surface area contributed by atoms with Crippen LogP contribution < -0.4 is 10.2 Å². The van der Waals surface area contributed by atoms with Crippen LogP contribution in [0.25, 0.3) is 10.9 Å². The van der Waals surface area contributed by atoms with E-state index in [0.29, 0.717) is 53.8 Å². The number of carbonyl (C=O) groups excluding carboxylic acids is 1. The molecule has 200 valence electrons. The number of aromatic nitrogens is 3. The van der Waals surface area contributed by atoms with Gasteiger partial charge in [0, 0.05) is 30.9 Å². The van der Waals surface area contributed by atoms with Gasteiger partial charge in [-0.2, -0.15) is 10.4 Å². The molecule has 4 aromatic rings.